The summed E-state index contributed by atoms with van der Waals surface area (Å²) in [5.74, 6) is -1.61. The van der Waals surface area contributed by atoms with E-state index in [0.29, 0.717) is 44.3 Å². The number of ether oxygens (including phenoxy) is 2. The van der Waals surface area contributed by atoms with Crippen molar-refractivity contribution in [3.63, 3.8) is 0 Å². The molecule has 0 aromatic heterocycles. The maximum absolute atomic E-state index is 12.4. The van der Waals surface area contributed by atoms with Crippen molar-refractivity contribution in [2.24, 2.45) is 0 Å². The molecule has 3 heterocycles. The number of unbranched alkanes of at least 4 members (excludes halogenated alkanes) is 2. The summed E-state index contributed by atoms with van der Waals surface area (Å²) >= 11 is 0. The molecule has 7 rings (SSSR count). The van der Waals surface area contributed by atoms with Crippen molar-refractivity contribution in [3.05, 3.63) is 101 Å². The van der Waals surface area contributed by atoms with Gasteiger partial charge in [0.15, 0.2) is 5.71 Å². The molecule has 0 atom stereocenters. The second-order valence-corrected chi connectivity index (χ2v) is 18.6. The van der Waals surface area contributed by atoms with Gasteiger partial charge in [-0.3, -0.25) is 9.59 Å². The minimum atomic E-state index is -4.66. The Labute approximate surface area is 366 Å². The fraction of sp³-hybridized carbons (Fsp3) is 0.510. The van der Waals surface area contributed by atoms with Crippen LogP contribution in [0.2, 0.25) is 0 Å². The van der Waals surface area contributed by atoms with E-state index in [1.54, 1.807) is 19.2 Å². The minimum absolute atomic E-state index is 0.0188. The molecule has 0 bridgehead atoms. The van der Waals surface area contributed by atoms with Gasteiger partial charge >= 0.3 is 5.97 Å². The lowest BCUT2D eigenvalue weighted by molar-refractivity contribution is -0.438. The molecule has 0 N–H and O–H groups in total. The zero-order chi connectivity index (χ0) is 43.7. The number of rotatable bonds is 18. The van der Waals surface area contributed by atoms with Gasteiger partial charge in [0.1, 0.15) is 16.7 Å². The molecular formula is C49H61N3O9S. The third kappa shape index (κ3) is 9.76. The van der Waals surface area contributed by atoms with E-state index in [1.807, 2.05) is 18.2 Å². The van der Waals surface area contributed by atoms with Gasteiger partial charge < -0.3 is 23.8 Å². The molecule has 12 nitrogen and oxygen atoms in total. The van der Waals surface area contributed by atoms with Gasteiger partial charge in [0.2, 0.25) is 5.69 Å². The molecule has 2 aliphatic carbocycles. The maximum atomic E-state index is 12.4. The van der Waals surface area contributed by atoms with E-state index in [4.69, 9.17) is 14.3 Å². The van der Waals surface area contributed by atoms with Crippen LogP contribution in [-0.2, 0) is 49.6 Å². The highest BCUT2D eigenvalue weighted by Crippen LogP contribution is 2.55. The molecule has 2 saturated carbocycles. The first-order valence-electron chi connectivity index (χ1n) is 22.5. The summed E-state index contributed by atoms with van der Waals surface area (Å²) in [6.45, 7) is 5.29. The normalized spacial score (nSPS) is 20.3. The lowest BCUT2D eigenvalue weighted by atomic mass is 9.67. The van der Waals surface area contributed by atoms with E-state index < -0.39 is 33.3 Å². The van der Waals surface area contributed by atoms with E-state index in [1.165, 1.54) is 47.8 Å². The Morgan fingerprint density at radius 3 is 2.21 bits per heavy atom. The number of hydroxylamine groups is 2. The molecule has 2 spiro atoms. The number of aryl methyl sites for hydroxylation is 1. The summed E-state index contributed by atoms with van der Waals surface area (Å²) < 4.78 is 50.2. The Balaban J connectivity index is 1.11. The van der Waals surface area contributed by atoms with Crippen LogP contribution in [0.15, 0.2) is 89.5 Å². The number of carbonyl (C=O) groups is 3. The second-order valence-electron chi connectivity index (χ2n) is 17.3. The van der Waals surface area contributed by atoms with Crippen LogP contribution in [0.1, 0.15) is 119 Å². The quantitative estimate of drug-likeness (QED) is 0.0472. The number of fused-ring (bicyclic) bond motifs is 4. The Hall–Kier alpha value is -4.69. The average Bonchev–Trinajstić information content (AvgIpc) is 3.80. The molecule has 62 heavy (non-hydrogen) atoms. The lowest BCUT2D eigenvalue weighted by Crippen LogP contribution is -2.36. The monoisotopic (exact) mass is 867 g/mol. The fourth-order valence-corrected chi connectivity index (χ4v) is 10.9. The van der Waals surface area contributed by atoms with Crippen molar-refractivity contribution < 1.29 is 46.2 Å². The molecule has 0 radical (unpaired) electrons. The highest BCUT2D eigenvalue weighted by Gasteiger charge is 2.51. The van der Waals surface area contributed by atoms with Crippen molar-refractivity contribution in [2.45, 2.75) is 125 Å². The van der Waals surface area contributed by atoms with Gasteiger partial charge in [-0.2, -0.15) is 4.58 Å². The zero-order valence-corrected chi connectivity index (χ0v) is 37.1. The summed E-state index contributed by atoms with van der Waals surface area (Å²) in [7, 11) is -2.97. The number of imide groups is 1. The largest absolute Gasteiger partial charge is 0.744 e. The first kappa shape index (κ1) is 45.3. The number of hydrogen-bond acceptors (Lipinski definition) is 10. The van der Waals surface area contributed by atoms with Crippen molar-refractivity contribution >= 4 is 45.0 Å². The molecule has 0 unspecified atom stereocenters. The van der Waals surface area contributed by atoms with Gasteiger partial charge in [-0.15, -0.1) is 5.06 Å². The fourth-order valence-electron chi connectivity index (χ4n) is 10.4. The van der Waals surface area contributed by atoms with E-state index in [9.17, 15) is 27.4 Å². The molecular weight excluding hydrogens is 807 g/mol. The van der Waals surface area contributed by atoms with Gasteiger partial charge in [-0.25, -0.2) is 13.2 Å². The third-order valence-electron chi connectivity index (χ3n) is 13.3. The van der Waals surface area contributed by atoms with Gasteiger partial charge in [0.25, 0.3) is 11.8 Å². The number of amides is 2. The lowest BCUT2D eigenvalue weighted by Gasteiger charge is -2.37. The molecule has 2 amide bonds. The SMILES string of the molecule is COCCOCCN1C(=CC=CC=CC=CC2=[N+](CCCCCC(=O)ON3C(=O)CCC3=O)c3ccc(S(=O)(=O)[O-])cc3C23CCCCC3)C2(CCCCC2)c2cc(C)ccc21. The van der Waals surface area contributed by atoms with Crippen LogP contribution in [0.4, 0.5) is 11.4 Å². The number of nitrogens with zero attached hydrogens (tertiary/aromatic N) is 3. The number of benzene rings is 2. The van der Waals surface area contributed by atoms with Crippen LogP contribution < -0.4 is 4.90 Å². The van der Waals surface area contributed by atoms with Gasteiger partial charge in [0.05, 0.1) is 30.1 Å². The van der Waals surface area contributed by atoms with Crippen LogP contribution >= 0.6 is 0 Å². The van der Waals surface area contributed by atoms with Crippen LogP contribution in [-0.4, -0.2) is 86.1 Å². The Kier molecular flexibility index (Phi) is 14.8. The predicted octanol–water partition coefficient (Wildman–Crippen LogP) is 8.30. The number of carbonyl (C=O) groups excluding carboxylic acids is 3. The first-order valence-corrected chi connectivity index (χ1v) is 23.9. The van der Waals surface area contributed by atoms with Crippen LogP contribution in [0, 0.1) is 6.92 Å². The maximum Gasteiger partial charge on any atom is 0.333 e. The highest BCUT2D eigenvalue weighted by molar-refractivity contribution is 7.85. The van der Waals surface area contributed by atoms with E-state index in [-0.39, 0.29) is 29.6 Å². The van der Waals surface area contributed by atoms with E-state index in [2.05, 4.69) is 58.9 Å². The molecule has 5 aliphatic rings. The second kappa shape index (κ2) is 20.2. The molecule has 3 aliphatic heterocycles. The van der Waals surface area contributed by atoms with Crippen LogP contribution in [0.25, 0.3) is 0 Å². The standard InChI is InChI=1S/C49H61N3O9S/c1-37-20-22-41-39(35-37)48(26-12-7-13-27-48)44(51(41)31-32-60-34-33-59-2)18-10-5-3-4-9-17-43-49(28-14-8-15-29-49)40-36-38(62(56,57)58)21-23-42(40)50(43)30-16-6-11-19-47(55)61-52-45(53)24-25-46(52)54/h3-5,9-10,17-18,20-23,35-36H,6-8,11-16,19,24-34H2,1-2H3. The average molecular weight is 868 g/mol. The van der Waals surface area contributed by atoms with Gasteiger partial charge in [-0.1, -0.05) is 86.6 Å². The highest BCUT2D eigenvalue weighted by atomic mass is 32.2. The van der Waals surface area contributed by atoms with Crippen molar-refractivity contribution in [1.82, 2.24) is 5.06 Å². The topological polar surface area (TPSA) is 146 Å². The number of hydrogen-bond donors (Lipinski definition) is 0. The summed E-state index contributed by atoms with van der Waals surface area (Å²) in [6, 6.07) is 11.6. The smallest absolute Gasteiger partial charge is 0.333 e. The van der Waals surface area contributed by atoms with Crippen molar-refractivity contribution in [3.8, 4) is 0 Å². The molecule has 2 aromatic carbocycles. The summed E-state index contributed by atoms with van der Waals surface area (Å²) in [4.78, 5) is 43.5. The minimum Gasteiger partial charge on any atom is -0.744 e. The predicted molar refractivity (Wildman–Crippen MR) is 236 cm³/mol. The summed E-state index contributed by atoms with van der Waals surface area (Å²) in [5.41, 5.74) is 7.72. The number of anilines is 1. The van der Waals surface area contributed by atoms with Gasteiger partial charge in [0, 0.05) is 73.8 Å². The Morgan fingerprint density at radius 2 is 1.50 bits per heavy atom. The van der Waals surface area contributed by atoms with Gasteiger partial charge in [-0.05, 0) is 75.3 Å². The third-order valence-corrected chi connectivity index (χ3v) is 14.1. The van der Waals surface area contributed by atoms with Crippen molar-refractivity contribution in [2.75, 3.05) is 44.9 Å². The van der Waals surface area contributed by atoms with Crippen LogP contribution in [0.3, 0.4) is 0 Å². The van der Waals surface area contributed by atoms with E-state index in [0.717, 1.165) is 74.9 Å². The summed E-state index contributed by atoms with van der Waals surface area (Å²) in [5, 5.41) is 0.581. The molecule has 3 fully saturated rings. The Morgan fingerprint density at radius 1 is 0.806 bits per heavy atom. The Bertz CT molecular complexity index is 2250. The molecule has 332 valence electrons. The number of allylic oxidation sites excluding steroid dienone is 8. The number of methoxy groups -OCH3 is 1. The zero-order valence-electron chi connectivity index (χ0n) is 36.3. The summed E-state index contributed by atoms with van der Waals surface area (Å²) in [6.07, 6.45) is 27.5. The molecule has 2 aromatic rings. The van der Waals surface area contributed by atoms with Crippen molar-refractivity contribution in [1.29, 1.82) is 0 Å². The van der Waals surface area contributed by atoms with Crippen LogP contribution in [0.5, 0.6) is 0 Å². The van der Waals surface area contributed by atoms with E-state index >= 15 is 0 Å². The molecule has 13 heteroatoms. The first-order chi connectivity index (χ1) is 30.0. The molecule has 1 saturated heterocycles.